The summed E-state index contributed by atoms with van der Waals surface area (Å²) in [4.78, 5) is 3.62. The Labute approximate surface area is 84.9 Å². The molecule has 1 aromatic rings. The van der Waals surface area contributed by atoms with E-state index in [4.69, 9.17) is 5.73 Å². The first-order chi connectivity index (χ1) is 6.88. The lowest BCUT2D eigenvalue weighted by Crippen LogP contribution is -2.22. The van der Waals surface area contributed by atoms with E-state index < -0.39 is 0 Å². The Bertz CT molecular complexity index is 351. The van der Waals surface area contributed by atoms with Gasteiger partial charge in [0.25, 0.3) is 0 Å². The molecule has 1 aromatic heterocycles. The van der Waals surface area contributed by atoms with Crippen LogP contribution in [0.15, 0.2) is 0 Å². The van der Waals surface area contributed by atoms with Gasteiger partial charge in [0.1, 0.15) is 0 Å². The van der Waals surface area contributed by atoms with E-state index in [2.05, 4.69) is 4.98 Å². The largest absolute Gasteiger partial charge is 0.362 e. The molecule has 0 saturated carbocycles. The summed E-state index contributed by atoms with van der Waals surface area (Å²) in [5.41, 5.74) is 12.1. The molecule has 2 heteroatoms. The van der Waals surface area contributed by atoms with Crippen LogP contribution in [0, 0.1) is 5.92 Å². The molecule has 14 heavy (non-hydrogen) atoms. The van der Waals surface area contributed by atoms with E-state index in [1.54, 1.807) is 11.1 Å². The van der Waals surface area contributed by atoms with Crippen LogP contribution in [0.25, 0.3) is 0 Å². The quantitative estimate of drug-likeness (QED) is 0.693. The lowest BCUT2D eigenvalue weighted by Gasteiger charge is -2.21. The van der Waals surface area contributed by atoms with Gasteiger partial charge in [-0.1, -0.05) is 0 Å². The highest BCUT2D eigenvalue weighted by Gasteiger charge is 2.26. The van der Waals surface area contributed by atoms with Crippen molar-refractivity contribution in [2.45, 2.75) is 38.5 Å². The molecule has 3 rings (SSSR count). The average Bonchev–Trinajstić information content (AvgIpc) is 2.75. The summed E-state index contributed by atoms with van der Waals surface area (Å²) < 4.78 is 0. The predicted molar refractivity (Wildman–Crippen MR) is 57.4 cm³/mol. The SMILES string of the molecule is NCC1CCc2c([nH]c3c2CCC3)C1. The Kier molecular flexibility index (Phi) is 1.91. The third-order valence-corrected chi connectivity index (χ3v) is 3.88. The van der Waals surface area contributed by atoms with Crippen molar-refractivity contribution in [3.63, 3.8) is 0 Å². The van der Waals surface area contributed by atoms with Gasteiger partial charge in [-0.05, 0) is 62.1 Å². The van der Waals surface area contributed by atoms with Crippen molar-refractivity contribution in [3.8, 4) is 0 Å². The summed E-state index contributed by atoms with van der Waals surface area (Å²) in [6, 6.07) is 0. The number of aromatic amines is 1. The van der Waals surface area contributed by atoms with Gasteiger partial charge >= 0.3 is 0 Å². The molecule has 0 aliphatic heterocycles. The van der Waals surface area contributed by atoms with Crippen LogP contribution >= 0.6 is 0 Å². The van der Waals surface area contributed by atoms with Gasteiger partial charge in [-0.2, -0.15) is 0 Å². The second-order valence-electron chi connectivity index (χ2n) is 4.74. The molecule has 0 saturated heterocycles. The molecule has 2 aliphatic rings. The third kappa shape index (κ3) is 1.13. The van der Waals surface area contributed by atoms with Crippen molar-refractivity contribution in [1.29, 1.82) is 0 Å². The zero-order valence-electron chi connectivity index (χ0n) is 8.60. The molecular formula is C12H18N2. The van der Waals surface area contributed by atoms with Crippen LogP contribution in [-0.4, -0.2) is 11.5 Å². The molecule has 2 aliphatic carbocycles. The lowest BCUT2D eigenvalue weighted by atomic mass is 9.86. The predicted octanol–water partition coefficient (Wildman–Crippen LogP) is 1.57. The van der Waals surface area contributed by atoms with E-state index in [-0.39, 0.29) is 0 Å². The fraction of sp³-hybridized carbons (Fsp3) is 0.667. The summed E-state index contributed by atoms with van der Waals surface area (Å²) in [5.74, 6) is 0.723. The van der Waals surface area contributed by atoms with E-state index in [0.717, 1.165) is 12.5 Å². The number of nitrogens with one attached hydrogen (secondary N) is 1. The van der Waals surface area contributed by atoms with Gasteiger partial charge < -0.3 is 10.7 Å². The Hall–Kier alpha value is -0.760. The molecule has 0 radical (unpaired) electrons. The molecule has 0 aromatic carbocycles. The van der Waals surface area contributed by atoms with Crippen molar-refractivity contribution < 1.29 is 0 Å². The lowest BCUT2D eigenvalue weighted by molar-refractivity contribution is 0.463. The molecule has 2 nitrogen and oxygen atoms in total. The molecule has 3 N–H and O–H groups in total. The third-order valence-electron chi connectivity index (χ3n) is 3.88. The summed E-state index contributed by atoms with van der Waals surface area (Å²) in [7, 11) is 0. The highest BCUT2D eigenvalue weighted by molar-refractivity contribution is 5.41. The van der Waals surface area contributed by atoms with Crippen LogP contribution in [0.4, 0.5) is 0 Å². The van der Waals surface area contributed by atoms with E-state index in [1.807, 2.05) is 0 Å². The first-order valence-corrected chi connectivity index (χ1v) is 5.80. The van der Waals surface area contributed by atoms with E-state index in [1.165, 1.54) is 49.9 Å². The maximum absolute atomic E-state index is 5.74. The first kappa shape index (κ1) is 8.54. The minimum Gasteiger partial charge on any atom is -0.362 e. The number of aromatic nitrogens is 1. The number of H-pyrrole nitrogens is 1. The molecule has 1 atom stereocenters. The highest BCUT2D eigenvalue weighted by atomic mass is 14.8. The first-order valence-electron chi connectivity index (χ1n) is 5.80. The standard InChI is InChI=1S/C12H18N2/c13-7-8-4-5-10-9-2-1-3-11(9)14-12(10)6-8/h8,14H,1-7,13H2. The van der Waals surface area contributed by atoms with Gasteiger partial charge in [-0.25, -0.2) is 0 Å². The fourth-order valence-electron chi connectivity index (χ4n) is 3.07. The Morgan fingerprint density at radius 1 is 1.14 bits per heavy atom. The van der Waals surface area contributed by atoms with Crippen molar-refractivity contribution in [2.75, 3.05) is 6.54 Å². The summed E-state index contributed by atoms with van der Waals surface area (Å²) in [6.45, 7) is 0.850. The summed E-state index contributed by atoms with van der Waals surface area (Å²) in [5, 5.41) is 0. The van der Waals surface area contributed by atoms with Crippen molar-refractivity contribution in [1.82, 2.24) is 4.98 Å². The molecule has 0 amide bonds. The Morgan fingerprint density at radius 2 is 2.00 bits per heavy atom. The molecule has 1 heterocycles. The summed E-state index contributed by atoms with van der Waals surface area (Å²) in [6.07, 6.45) is 7.70. The number of aryl methyl sites for hydroxylation is 1. The zero-order chi connectivity index (χ0) is 9.54. The van der Waals surface area contributed by atoms with Crippen molar-refractivity contribution in [3.05, 3.63) is 22.5 Å². The second-order valence-corrected chi connectivity index (χ2v) is 4.74. The maximum Gasteiger partial charge on any atom is 0.0187 e. The highest BCUT2D eigenvalue weighted by Crippen LogP contribution is 2.33. The molecule has 0 fully saturated rings. The number of rotatable bonds is 1. The van der Waals surface area contributed by atoms with Crippen LogP contribution < -0.4 is 5.73 Å². The number of hydrogen-bond acceptors (Lipinski definition) is 1. The van der Waals surface area contributed by atoms with Crippen LogP contribution in [0.5, 0.6) is 0 Å². The van der Waals surface area contributed by atoms with Crippen LogP contribution in [0.3, 0.4) is 0 Å². The smallest absolute Gasteiger partial charge is 0.0187 e. The Balaban J connectivity index is 1.96. The van der Waals surface area contributed by atoms with E-state index >= 15 is 0 Å². The van der Waals surface area contributed by atoms with Crippen LogP contribution in [0.2, 0.25) is 0 Å². The van der Waals surface area contributed by atoms with Gasteiger partial charge in [-0.3, -0.25) is 0 Å². The topological polar surface area (TPSA) is 41.8 Å². The normalized spacial score (nSPS) is 24.8. The van der Waals surface area contributed by atoms with Crippen LogP contribution in [-0.2, 0) is 25.7 Å². The molecule has 76 valence electrons. The fourth-order valence-corrected chi connectivity index (χ4v) is 3.07. The van der Waals surface area contributed by atoms with E-state index in [9.17, 15) is 0 Å². The van der Waals surface area contributed by atoms with E-state index in [0.29, 0.717) is 0 Å². The summed E-state index contributed by atoms with van der Waals surface area (Å²) >= 11 is 0. The van der Waals surface area contributed by atoms with Crippen molar-refractivity contribution >= 4 is 0 Å². The average molecular weight is 190 g/mol. The molecule has 1 unspecified atom stereocenters. The number of nitrogens with two attached hydrogens (primary N) is 1. The van der Waals surface area contributed by atoms with Gasteiger partial charge in [0.2, 0.25) is 0 Å². The minimum absolute atomic E-state index is 0.723. The monoisotopic (exact) mass is 190 g/mol. The number of hydrogen-bond donors (Lipinski definition) is 2. The van der Waals surface area contributed by atoms with Gasteiger partial charge in [0.05, 0.1) is 0 Å². The maximum atomic E-state index is 5.74. The second kappa shape index (κ2) is 3.13. The Morgan fingerprint density at radius 3 is 2.86 bits per heavy atom. The van der Waals surface area contributed by atoms with Gasteiger partial charge in [-0.15, -0.1) is 0 Å². The van der Waals surface area contributed by atoms with Gasteiger partial charge in [0, 0.05) is 11.4 Å². The molecular weight excluding hydrogens is 172 g/mol. The molecule has 0 bridgehead atoms. The minimum atomic E-state index is 0.723. The van der Waals surface area contributed by atoms with Gasteiger partial charge in [0.15, 0.2) is 0 Å². The van der Waals surface area contributed by atoms with Crippen LogP contribution in [0.1, 0.15) is 35.4 Å². The molecule has 0 spiro atoms. The number of fused-ring (bicyclic) bond motifs is 3. The zero-order valence-corrected chi connectivity index (χ0v) is 8.60. The van der Waals surface area contributed by atoms with Crippen molar-refractivity contribution in [2.24, 2.45) is 11.7 Å².